The van der Waals surface area contributed by atoms with E-state index in [0.717, 1.165) is 27.0 Å². The van der Waals surface area contributed by atoms with E-state index in [-0.39, 0.29) is 32.7 Å². The zero-order chi connectivity index (χ0) is 28.3. The zero-order valence-corrected chi connectivity index (χ0v) is 23.2. The van der Waals surface area contributed by atoms with Crippen LogP contribution in [0.1, 0.15) is 0 Å². The van der Waals surface area contributed by atoms with Gasteiger partial charge in [0.15, 0.2) is 11.5 Å². The molecule has 1 amide bonds. The summed E-state index contributed by atoms with van der Waals surface area (Å²) in [6, 6.07) is 13.1. The summed E-state index contributed by atoms with van der Waals surface area (Å²) in [5.41, 5.74) is 0.445. The number of nitrogens with one attached hydrogen (secondary N) is 1. The summed E-state index contributed by atoms with van der Waals surface area (Å²) >= 11 is 5.90. The van der Waals surface area contributed by atoms with E-state index in [4.69, 9.17) is 21.1 Å². The van der Waals surface area contributed by atoms with Gasteiger partial charge in [-0.25, -0.2) is 21.2 Å². The van der Waals surface area contributed by atoms with Crippen molar-refractivity contribution in [3.63, 3.8) is 0 Å². The zero-order valence-electron chi connectivity index (χ0n) is 20.8. The first-order chi connectivity index (χ1) is 17.8. The van der Waals surface area contributed by atoms with Crippen LogP contribution in [0.3, 0.4) is 0 Å². The predicted molar refractivity (Wildman–Crippen MR) is 144 cm³/mol. The molecule has 0 heterocycles. The van der Waals surface area contributed by atoms with Gasteiger partial charge in [-0.05, 0) is 48.5 Å². The lowest BCUT2D eigenvalue weighted by Gasteiger charge is -2.25. The average Bonchev–Trinajstić information content (AvgIpc) is 2.87. The molecule has 3 aromatic rings. The summed E-state index contributed by atoms with van der Waals surface area (Å²) in [5, 5.41) is 2.22. The molecule has 3 aromatic carbocycles. The number of benzene rings is 3. The van der Waals surface area contributed by atoms with Crippen molar-refractivity contribution in [2.75, 3.05) is 48.0 Å². The minimum Gasteiger partial charge on any atom is -0.493 e. The van der Waals surface area contributed by atoms with Crippen molar-refractivity contribution in [1.29, 1.82) is 0 Å². The van der Waals surface area contributed by atoms with Gasteiger partial charge in [-0.15, -0.1) is 0 Å². The largest absolute Gasteiger partial charge is 0.493 e. The van der Waals surface area contributed by atoms with Crippen molar-refractivity contribution < 1.29 is 35.5 Å². The van der Waals surface area contributed by atoms with Crippen molar-refractivity contribution in [2.45, 2.75) is 4.90 Å². The summed E-state index contributed by atoms with van der Waals surface area (Å²) in [6.07, 6.45) is 1.03. The lowest BCUT2D eigenvalue weighted by molar-refractivity contribution is -0.114. The van der Waals surface area contributed by atoms with Crippen LogP contribution in [0.5, 0.6) is 11.5 Å². The molecule has 1 N–H and O–H groups in total. The molecule has 0 saturated carbocycles. The molecule has 204 valence electrons. The van der Waals surface area contributed by atoms with Crippen molar-refractivity contribution in [3.05, 3.63) is 71.5 Å². The monoisotopic (exact) mass is 585 g/mol. The summed E-state index contributed by atoms with van der Waals surface area (Å²) in [4.78, 5) is 12.8. The van der Waals surface area contributed by atoms with E-state index in [1.807, 2.05) is 0 Å². The maximum atomic E-state index is 13.8. The highest BCUT2D eigenvalue weighted by Gasteiger charge is 2.29. The first-order valence-electron chi connectivity index (χ1n) is 10.8. The van der Waals surface area contributed by atoms with E-state index in [1.54, 1.807) is 0 Å². The third kappa shape index (κ3) is 6.47. The highest BCUT2D eigenvalue weighted by Crippen LogP contribution is 2.33. The van der Waals surface area contributed by atoms with E-state index in [1.165, 1.54) is 69.8 Å². The Morgan fingerprint density at radius 1 is 0.947 bits per heavy atom. The fourth-order valence-corrected chi connectivity index (χ4v) is 5.46. The Kier molecular flexibility index (Phi) is 8.75. The van der Waals surface area contributed by atoms with Crippen molar-refractivity contribution >= 4 is 54.6 Å². The van der Waals surface area contributed by atoms with Crippen LogP contribution >= 0.6 is 11.6 Å². The summed E-state index contributed by atoms with van der Waals surface area (Å²) < 4.78 is 77.1. The number of nitrogens with zero attached hydrogens (tertiary/aromatic N) is 2. The smallest absolute Gasteiger partial charge is 0.264 e. The first kappa shape index (κ1) is 29.0. The van der Waals surface area contributed by atoms with Gasteiger partial charge in [-0.3, -0.25) is 13.4 Å². The maximum absolute atomic E-state index is 13.8. The third-order valence-electron chi connectivity index (χ3n) is 5.41. The van der Waals surface area contributed by atoms with Gasteiger partial charge in [-0.2, -0.15) is 0 Å². The van der Waals surface area contributed by atoms with Crippen LogP contribution in [-0.4, -0.2) is 56.8 Å². The van der Waals surface area contributed by atoms with E-state index in [0.29, 0.717) is 5.75 Å². The maximum Gasteiger partial charge on any atom is 0.264 e. The van der Waals surface area contributed by atoms with Gasteiger partial charge in [0.25, 0.3) is 10.0 Å². The molecule has 10 nitrogen and oxygen atoms in total. The summed E-state index contributed by atoms with van der Waals surface area (Å²) in [7, 11) is -3.87. The number of rotatable bonds is 10. The number of halogens is 2. The van der Waals surface area contributed by atoms with E-state index in [2.05, 4.69) is 5.32 Å². The van der Waals surface area contributed by atoms with Crippen LogP contribution in [0, 0.1) is 5.82 Å². The van der Waals surface area contributed by atoms with E-state index in [9.17, 15) is 26.0 Å². The van der Waals surface area contributed by atoms with Crippen LogP contribution in [0.15, 0.2) is 65.6 Å². The second kappa shape index (κ2) is 11.5. The highest BCUT2D eigenvalue weighted by molar-refractivity contribution is 7.93. The first-order valence-corrected chi connectivity index (χ1v) is 14.5. The Labute approximate surface area is 225 Å². The molecule has 0 aliphatic rings. The number of ether oxygens (including phenoxy) is 2. The molecule has 0 bridgehead atoms. The SMILES string of the molecule is COc1ccc(S(=O)(=O)N(CC(=O)Nc2cccc(N(C)S(C)(=O)=O)c2)c2ccc(F)c(Cl)c2)cc1OC. The molecule has 0 aromatic heterocycles. The average molecular weight is 586 g/mol. The number of carbonyl (C=O) groups is 1. The Balaban J connectivity index is 1.99. The standard InChI is InChI=1S/C24H25ClFN3O7S2/c1-28(37(4,31)32)17-7-5-6-16(12-17)27-24(30)15-29(18-8-10-21(26)20(25)13-18)38(33,34)19-9-11-22(35-2)23(14-19)36-3/h5-14H,15H2,1-4H3,(H,27,30). The minimum atomic E-state index is -4.40. The molecule has 0 radical (unpaired) electrons. The van der Waals surface area contributed by atoms with E-state index >= 15 is 0 Å². The normalized spacial score (nSPS) is 11.5. The summed E-state index contributed by atoms with van der Waals surface area (Å²) in [5.74, 6) is -1.09. The molecule has 0 saturated heterocycles. The van der Waals surface area contributed by atoms with Gasteiger partial charge in [0.05, 0.1) is 41.8 Å². The van der Waals surface area contributed by atoms with Gasteiger partial charge in [-0.1, -0.05) is 17.7 Å². The Hall–Kier alpha value is -3.55. The van der Waals surface area contributed by atoms with E-state index < -0.39 is 38.3 Å². The number of carbonyl (C=O) groups excluding carboxylic acids is 1. The van der Waals surface area contributed by atoms with Crippen molar-refractivity contribution in [3.8, 4) is 11.5 Å². The van der Waals surface area contributed by atoms with Crippen LogP contribution in [0.25, 0.3) is 0 Å². The Bertz CT molecular complexity index is 1570. The van der Waals surface area contributed by atoms with Gasteiger partial charge in [0, 0.05) is 18.8 Å². The number of amides is 1. The van der Waals surface area contributed by atoms with Crippen LogP contribution in [0.2, 0.25) is 5.02 Å². The quantitative estimate of drug-likeness (QED) is 0.385. The fourth-order valence-electron chi connectivity index (χ4n) is 3.36. The van der Waals surface area contributed by atoms with Crippen molar-refractivity contribution in [2.24, 2.45) is 0 Å². The fraction of sp³-hybridized carbons (Fsp3) is 0.208. The number of hydrogen-bond donors (Lipinski definition) is 1. The van der Waals surface area contributed by atoms with Gasteiger partial charge < -0.3 is 14.8 Å². The molecular formula is C24H25ClFN3O7S2. The van der Waals surface area contributed by atoms with Gasteiger partial charge in [0.2, 0.25) is 15.9 Å². The minimum absolute atomic E-state index is 0.0631. The lowest BCUT2D eigenvalue weighted by Crippen LogP contribution is -2.38. The molecule has 0 aliphatic carbocycles. The topological polar surface area (TPSA) is 122 Å². The molecule has 14 heteroatoms. The molecule has 0 unspecified atom stereocenters. The Morgan fingerprint density at radius 3 is 2.24 bits per heavy atom. The molecule has 0 aliphatic heterocycles. The number of anilines is 3. The number of hydrogen-bond acceptors (Lipinski definition) is 7. The Morgan fingerprint density at radius 2 is 1.63 bits per heavy atom. The molecule has 0 atom stereocenters. The second-order valence-corrected chi connectivity index (χ2v) is 12.2. The van der Waals surface area contributed by atoms with Gasteiger partial charge >= 0.3 is 0 Å². The van der Waals surface area contributed by atoms with Crippen molar-refractivity contribution in [1.82, 2.24) is 0 Å². The molecule has 0 fully saturated rings. The lowest BCUT2D eigenvalue weighted by atomic mass is 10.2. The molecule has 3 rings (SSSR count). The van der Waals surface area contributed by atoms with Crippen LogP contribution in [0.4, 0.5) is 21.5 Å². The second-order valence-electron chi connectivity index (χ2n) is 7.96. The van der Waals surface area contributed by atoms with Gasteiger partial charge in [0.1, 0.15) is 12.4 Å². The molecule has 38 heavy (non-hydrogen) atoms. The van der Waals surface area contributed by atoms with Crippen LogP contribution in [-0.2, 0) is 24.8 Å². The molecule has 0 spiro atoms. The number of methoxy groups -OCH3 is 2. The number of sulfonamides is 2. The molecular weight excluding hydrogens is 561 g/mol. The highest BCUT2D eigenvalue weighted by atomic mass is 35.5. The summed E-state index contributed by atoms with van der Waals surface area (Å²) in [6.45, 7) is -0.717. The third-order valence-corrected chi connectivity index (χ3v) is 8.68. The predicted octanol–water partition coefficient (Wildman–Crippen LogP) is 3.73. The van der Waals surface area contributed by atoms with Crippen LogP contribution < -0.4 is 23.4 Å².